The lowest BCUT2D eigenvalue weighted by molar-refractivity contribution is -0.0148. The third-order valence-electron chi connectivity index (χ3n) is 2.76. The third-order valence-corrected chi connectivity index (χ3v) is 2.76. The van der Waals surface area contributed by atoms with Gasteiger partial charge in [-0.1, -0.05) is 0 Å². The van der Waals surface area contributed by atoms with Crippen molar-refractivity contribution in [2.45, 2.75) is 31.5 Å². The summed E-state index contributed by atoms with van der Waals surface area (Å²) in [5, 5.41) is 18.2. The topological polar surface area (TPSA) is 40.5 Å². The fourth-order valence-corrected chi connectivity index (χ4v) is 2.16. The van der Waals surface area contributed by atoms with E-state index in [9.17, 15) is 0 Å². The molecule has 0 heterocycles. The molecule has 0 aromatic heterocycles. The highest BCUT2D eigenvalue weighted by atomic mass is 16.3. The van der Waals surface area contributed by atoms with E-state index in [1.54, 1.807) is 0 Å². The Hall–Kier alpha value is -0.0800. The van der Waals surface area contributed by atoms with Crippen LogP contribution >= 0.6 is 0 Å². The normalized spacial score (nSPS) is 56.7. The SMILES string of the molecule is OC1C[C@@H]2C[C@H](O)[C@@H]2C1. The van der Waals surface area contributed by atoms with Gasteiger partial charge in [-0.05, 0) is 31.1 Å². The van der Waals surface area contributed by atoms with Crippen LogP contribution in [-0.4, -0.2) is 22.4 Å². The van der Waals surface area contributed by atoms with Crippen LogP contribution in [0.3, 0.4) is 0 Å². The Bertz CT molecular complexity index is 124. The molecule has 4 atom stereocenters. The second-order valence-electron chi connectivity index (χ2n) is 3.35. The van der Waals surface area contributed by atoms with Gasteiger partial charge >= 0.3 is 0 Å². The first-order chi connectivity index (χ1) is 4.27. The maximum Gasteiger partial charge on any atom is 0.0574 e. The number of rotatable bonds is 0. The van der Waals surface area contributed by atoms with Gasteiger partial charge in [0.1, 0.15) is 0 Å². The van der Waals surface area contributed by atoms with Gasteiger partial charge in [0.2, 0.25) is 0 Å². The highest BCUT2D eigenvalue weighted by Crippen LogP contribution is 2.46. The quantitative estimate of drug-likeness (QED) is 0.487. The number of hydrogen-bond donors (Lipinski definition) is 2. The van der Waals surface area contributed by atoms with Crippen molar-refractivity contribution in [1.29, 1.82) is 0 Å². The Morgan fingerprint density at radius 1 is 1.00 bits per heavy atom. The molecule has 2 N–H and O–H groups in total. The minimum Gasteiger partial charge on any atom is -0.393 e. The zero-order valence-electron chi connectivity index (χ0n) is 5.33. The molecule has 2 heteroatoms. The van der Waals surface area contributed by atoms with E-state index in [0.717, 1.165) is 19.3 Å². The van der Waals surface area contributed by atoms with Crippen molar-refractivity contribution in [2.75, 3.05) is 0 Å². The van der Waals surface area contributed by atoms with Crippen molar-refractivity contribution >= 4 is 0 Å². The second-order valence-corrected chi connectivity index (χ2v) is 3.35. The molecule has 0 aromatic rings. The molecule has 9 heavy (non-hydrogen) atoms. The van der Waals surface area contributed by atoms with Gasteiger partial charge in [-0.3, -0.25) is 0 Å². The third kappa shape index (κ3) is 0.700. The van der Waals surface area contributed by atoms with E-state index in [0.29, 0.717) is 11.8 Å². The Labute approximate surface area is 54.5 Å². The Kier molecular flexibility index (Phi) is 1.08. The van der Waals surface area contributed by atoms with Crippen molar-refractivity contribution < 1.29 is 10.2 Å². The Morgan fingerprint density at radius 2 is 1.78 bits per heavy atom. The highest BCUT2D eigenvalue weighted by Gasteiger charge is 2.46. The van der Waals surface area contributed by atoms with Crippen LogP contribution in [0.15, 0.2) is 0 Å². The van der Waals surface area contributed by atoms with E-state index in [1.807, 2.05) is 0 Å². The van der Waals surface area contributed by atoms with Gasteiger partial charge in [-0.25, -0.2) is 0 Å². The molecule has 0 amide bonds. The second kappa shape index (κ2) is 1.70. The van der Waals surface area contributed by atoms with E-state index >= 15 is 0 Å². The van der Waals surface area contributed by atoms with Crippen LogP contribution in [0.2, 0.25) is 0 Å². The molecule has 2 saturated carbocycles. The minimum absolute atomic E-state index is 0.0906. The minimum atomic E-state index is -0.114. The maximum absolute atomic E-state index is 9.12. The fourth-order valence-electron chi connectivity index (χ4n) is 2.16. The van der Waals surface area contributed by atoms with Crippen LogP contribution in [0.4, 0.5) is 0 Å². The zero-order chi connectivity index (χ0) is 6.43. The highest BCUT2D eigenvalue weighted by molar-refractivity contribution is 4.96. The monoisotopic (exact) mass is 128 g/mol. The number of fused-ring (bicyclic) bond motifs is 1. The van der Waals surface area contributed by atoms with E-state index in [2.05, 4.69) is 0 Å². The zero-order valence-corrected chi connectivity index (χ0v) is 5.33. The molecule has 52 valence electrons. The van der Waals surface area contributed by atoms with Gasteiger partial charge in [0.25, 0.3) is 0 Å². The average molecular weight is 128 g/mol. The van der Waals surface area contributed by atoms with Crippen LogP contribution < -0.4 is 0 Å². The van der Waals surface area contributed by atoms with Crippen LogP contribution in [0.25, 0.3) is 0 Å². The van der Waals surface area contributed by atoms with Gasteiger partial charge < -0.3 is 10.2 Å². The molecule has 0 bridgehead atoms. The predicted molar refractivity (Wildman–Crippen MR) is 32.8 cm³/mol. The van der Waals surface area contributed by atoms with Crippen LogP contribution in [0, 0.1) is 11.8 Å². The lowest BCUT2D eigenvalue weighted by Gasteiger charge is -2.35. The summed E-state index contributed by atoms with van der Waals surface area (Å²) in [5.74, 6) is 1.09. The van der Waals surface area contributed by atoms with E-state index in [4.69, 9.17) is 10.2 Å². The lowest BCUT2D eigenvalue weighted by Crippen LogP contribution is -2.37. The van der Waals surface area contributed by atoms with Gasteiger partial charge in [-0.2, -0.15) is 0 Å². The van der Waals surface area contributed by atoms with Gasteiger partial charge in [0.15, 0.2) is 0 Å². The molecule has 2 fully saturated rings. The summed E-state index contributed by atoms with van der Waals surface area (Å²) in [6, 6.07) is 0. The summed E-state index contributed by atoms with van der Waals surface area (Å²) in [6.45, 7) is 0. The molecule has 0 radical (unpaired) electrons. The predicted octanol–water partition coefficient (Wildman–Crippen LogP) is 0.138. The van der Waals surface area contributed by atoms with E-state index < -0.39 is 0 Å². The van der Waals surface area contributed by atoms with Crippen molar-refractivity contribution in [3.63, 3.8) is 0 Å². The van der Waals surface area contributed by atoms with Crippen molar-refractivity contribution in [1.82, 2.24) is 0 Å². The first kappa shape index (κ1) is 5.69. The first-order valence-corrected chi connectivity index (χ1v) is 3.63. The van der Waals surface area contributed by atoms with Crippen molar-refractivity contribution in [2.24, 2.45) is 11.8 Å². The number of aliphatic hydroxyl groups excluding tert-OH is 2. The lowest BCUT2D eigenvalue weighted by atomic mass is 9.74. The maximum atomic E-state index is 9.12. The van der Waals surface area contributed by atoms with E-state index in [-0.39, 0.29) is 12.2 Å². The molecule has 2 rings (SSSR count). The summed E-state index contributed by atoms with van der Waals surface area (Å²) in [4.78, 5) is 0. The molecule has 2 aliphatic carbocycles. The summed E-state index contributed by atoms with van der Waals surface area (Å²) in [6.07, 6.45) is 2.50. The van der Waals surface area contributed by atoms with Crippen LogP contribution in [0.1, 0.15) is 19.3 Å². The molecular formula is C7H12O2. The van der Waals surface area contributed by atoms with Crippen LogP contribution in [0.5, 0.6) is 0 Å². The first-order valence-electron chi connectivity index (χ1n) is 3.63. The van der Waals surface area contributed by atoms with Crippen molar-refractivity contribution in [3.8, 4) is 0 Å². The molecular weight excluding hydrogens is 116 g/mol. The smallest absolute Gasteiger partial charge is 0.0574 e. The molecule has 2 nitrogen and oxygen atoms in total. The van der Waals surface area contributed by atoms with Crippen molar-refractivity contribution in [3.05, 3.63) is 0 Å². The molecule has 0 saturated heterocycles. The van der Waals surface area contributed by atoms with Gasteiger partial charge in [0.05, 0.1) is 12.2 Å². The largest absolute Gasteiger partial charge is 0.393 e. The number of aliphatic hydroxyl groups is 2. The number of hydrogen-bond acceptors (Lipinski definition) is 2. The summed E-state index contributed by atoms with van der Waals surface area (Å²) >= 11 is 0. The molecule has 1 unspecified atom stereocenters. The standard InChI is InChI=1S/C7H12O2/c8-5-1-4-2-7(9)6(4)3-5/h4-9H,1-3H2/t4-,5?,6-,7+/m1/s1. The van der Waals surface area contributed by atoms with Gasteiger partial charge in [0, 0.05) is 0 Å². The Morgan fingerprint density at radius 3 is 2.22 bits per heavy atom. The molecule has 2 aliphatic rings. The molecule has 0 spiro atoms. The van der Waals surface area contributed by atoms with Crippen LogP contribution in [-0.2, 0) is 0 Å². The molecule has 0 aliphatic heterocycles. The summed E-state index contributed by atoms with van der Waals surface area (Å²) in [5.41, 5.74) is 0. The fraction of sp³-hybridized carbons (Fsp3) is 1.00. The Balaban J connectivity index is 2.00. The average Bonchev–Trinajstić information content (AvgIpc) is 2.08. The molecule has 0 aromatic carbocycles. The van der Waals surface area contributed by atoms with Gasteiger partial charge in [-0.15, -0.1) is 0 Å². The summed E-state index contributed by atoms with van der Waals surface area (Å²) in [7, 11) is 0. The summed E-state index contributed by atoms with van der Waals surface area (Å²) < 4.78 is 0. The van der Waals surface area contributed by atoms with E-state index in [1.165, 1.54) is 0 Å².